The molecule has 12 aromatic rings. The maximum Gasteiger partial charge on any atom is 0.147 e. The third-order valence-corrected chi connectivity index (χ3v) is 13.3. The van der Waals surface area contributed by atoms with Crippen LogP contribution in [0.5, 0.6) is 0 Å². The van der Waals surface area contributed by atoms with Crippen molar-refractivity contribution in [3.63, 3.8) is 0 Å². The number of nitrogens with zero attached hydrogens (tertiary/aromatic N) is 3. The molecule has 0 radical (unpaired) electrons. The molecule has 0 N–H and O–H groups in total. The third kappa shape index (κ3) is 4.31. The fourth-order valence-corrected chi connectivity index (χ4v) is 10.9. The van der Waals surface area contributed by atoms with Crippen molar-refractivity contribution < 1.29 is 0 Å². The van der Waals surface area contributed by atoms with Crippen LogP contribution in [0.2, 0.25) is 0 Å². The Bertz CT molecular complexity index is 3450. The Hall–Kier alpha value is -6.53. The van der Waals surface area contributed by atoms with E-state index in [-0.39, 0.29) is 0 Å². The number of rotatable bonds is 4. The van der Waals surface area contributed by atoms with Crippen LogP contribution >= 0.6 is 22.7 Å². The summed E-state index contributed by atoms with van der Waals surface area (Å²) in [6.07, 6.45) is 0. The Balaban J connectivity index is 1.09. The molecular formula is C49H29N3S2. The third-order valence-electron chi connectivity index (χ3n) is 10.9. The minimum absolute atomic E-state index is 0.969. The Morgan fingerprint density at radius 3 is 1.98 bits per heavy atom. The molecule has 4 aromatic heterocycles. The molecule has 0 bridgehead atoms. The van der Waals surface area contributed by atoms with Crippen LogP contribution in [0, 0.1) is 0 Å². The van der Waals surface area contributed by atoms with Crippen molar-refractivity contribution >= 4 is 95.9 Å². The van der Waals surface area contributed by atoms with Crippen LogP contribution in [0.4, 0.5) is 0 Å². The van der Waals surface area contributed by atoms with Crippen LogP contribution in [0.15, 0.2) is 176 Å². The van der Waals surface area contributed by atoms with Gasteiger partial charge < -0.3 is 4.57 Å². The summed E-state index contributed by atoms with van der Waals surface area (Å²) in [4.78, 5) is 5.36. The molecule has 0 saturated carbocycles. The van der Waals surface area contributed by atoms with Crippen LogP contribution in [0.1, 0.15) is 0 Å². The highest BCUT2D eigenvalue weighted by molar-refractivity contribution is 7.26. The fourth-order valence-electron chi connectivity index (χ4n) is 8.56. The van der Waals surface area contributed by atoms with Crippen LogP contribution in [0.3, 0.4) is 0 Å². The summed E-state index contributed by atoms with van der Waals surface area (Å²) in [6.45, 7) is 0. The standard InChI is InChI=1S/C49H29N3S2/c1-2-12-32(13-3-1)51-40-19-7-4-14-33(40)37-28-30(24-26-41(37)51)31-25-27-45-38(29-31)47-43(21-11-23-46(47)53-45)52-42-20-8-6-18-39(42)50-49(52)36-17-10-16-35-34-15-5-9-22-44(34)54-48(35)36/h1-29H. The minimum Gasteiger partial charge on any atom is -0.309 e. The number of para-hydroxylation sites is 4. The summed E-state index contributed by atoms with van der Waals surface area (Å²) in [5.41, 5.74) is 10.4. The number of imidazole rings is 1. The van der Waals surface area contributed by atoms with Crippen molar-refractivity contribution in [1.82, 2.24) is 14.1 Å². The summed E-state index contributed by atoms with van der Waals surface area (Å²) in [6, 6.07) is 64.0. The van der Waals surface area contributed by atoms with Gasteiger partial charge in [0, 0.05) is 62.4 Å². The van der Waals surface area contributed by atoms with Gasteiger partial charge in [0.05, 0.1) is 27.8 Å². The van der Waals surface area contributed by atoms with E-state index in [4.69, 9.17) is 4.98 Å². The molecule has 0 atom stereocenters. The van der Waals surface area contributed by atoms with E-state index in [9.17, 15) is 0 Å². The van der Waals surface area contributed by atoms with Gasteiger partial charge in [-0.2, -0.15) is 0 Å². The molecule has 12 rings (SSSR count). The van der Waals surface area contributed by atoms with Crippen LogP contribution in [-0.4, -0.2) is 14.1 Å². The zero-order chi connectivity index (χ0) is 35.3. The van der Waals surface area contributed by atoms with Crippen LogP contribution in [-0.2, 0) is 0 Å². The average Bonchev–Trinajstić information content (AvgIpc) is 3.99. The predicted octanol–water partition coefficient (Wildman–Crippen LogP) is 14.2. The summed E-state index contributed by atoms with van der Waals surface area (Å²) in [5, 5.41) is 7.61. The van der Waals surface area contributed by atoms with E-state index in [1.54, 1.807) is 0 Å². The molecule has 4 heterocycles. The Morgan fingerprint density at radius 2 is 1.07 bits per heavy atom. The molecule has 54 heavy (non-hydrogen) atoms. The van der Waals surface area contributed by atoms with E-state index in [2.05, 4.69) is 185 Å². The van der Waals surface area contributed by atoms with Gasteiger partial charge in [-0.05, 0) is 90.0 Å². The summed E-state index contributed by atoms with van der Waals surface area (Å²) >= 11 is 3.71. The summed E-state index contributed by atoms with van der Waals surface area (Å²) in [7, 11) is 0. The van der Waals surface area contributed by atoms with Crippen molar-refractivity contribution in [2.45, 2.75) is 0 Å². The van der Waals surface area contributed by atoms with E-state index < -0.39 is 0 Å². The second-order valence-electron chi connectivity index (χ2n) is 13.9. The largest absolute Gasteiger partial charge is 0.309 e. The summed E-state index contributed by atoms with van der Waals surface area (Å²) in [5.74, 6) is 0.969. The quantitative estimate of drug-likeness (QED) is 0.177. The van der Waals surface area contributed by atoms with Gasteiger partial charge in [0.25, 0.3) is 0 Å². The van der Waals surface area contributed by atoms with Crippen molar-refractivity contribution in [2.24, 2.45) is 0 Å². The number of hydrogen-bond acceptors (Lipinski definition) is 3. The van der Waals surface area contributed by atoms with E-state index in [0.29, 0.717) is 0 Å². The van der Waals surface area contributed by atoms with Gasteiger partial charge in [0.2, 0.25) is 0 Å². The molecule has 0 aliphatic heterocycles. The first-order chi connectivity index (χ1) is 26.8. The molecule has 5 heteroatoms. The molecule has 0 amide bonds. The smallest absolute Gasteiger partial charge is 0.147 e. The molecule has 0 unspecified atom stereocenters. The lowest BCUT2D eigenvalue weighted by atomic mass is 10.00. The highest BCUT2D eigenvalue weighted by Crippen LogP contribution is 2.45. The zero-order valence-corrected chi connectivity index (χ0v) is 30.5. The first kappa shape index (κ1) is 30.0. The lowest BCUT2D eigenvalue weighted by Crippen LogP contribution is -1.98. The number of benzene rings is 8. The molecule has 3 nitrogen and oxygen atoms in total. The van der Waals surface area contributed by atoms with Gasteiger partial charge in [-0.3, -0.25) is 4.57 Å². The van der Waals surface area contributed by atoms with Crippen LogP contribution < -0.4 is 0 Å². The average molecular weight is 724 g/mol. The number of aromatic nitrogens is 3. The van der Waals surface area contributed by atoms with Crippen LogP contribution in [0.25, 0.3) is 107 Å². The van der Waals surface area contributed by atoms with Gasteiger partial charge in [0.15, 0.2) is 0 Å². The Morgan fingerprint density at radius 1 is 0.407 bits per heavy atom. The predicted molar refractivity (Wildman–Crippen MR) is 232 cm³/mol. The molecule has 0 aliphatic carbocycles. The second kappa shape index (κ2) is 11.5. The number of hydrogen-bond donors (Lipinski definition) is 0. The maximum absolute atomic E-state index is 5.36. The molecule has 0 fully saturated rings. The molecule has 0 saturated heterocycles. The highest BCUT2D eigenvalue weighted by Gasteiger charge is 2.21. The molecule has 8 aromatic carbocycles. The second-order valence-corrected chi connectivity index (χ2v) is 16.1. The van der Waals surface area contributed by atoms with Gasteiger partial charge in [-0.15, -0.1) is 22.7 Å². The normalized spacial score (nSPS) is 12.1. The van der Waals surface area contributed by atoms with Gasteiger partial charge in [-0.25, -0.2) is 4.98 Å². The van der Waals surface area contributed by atoms with Crippen molar-refractivity contribution in [3.8, 4) is 33.9 Å². The SMILES string of the molecule is c1ccc(-n2c3ccccc3c3cc(-c4ccc5sc6cccc(-n7c(-c8cccc9c8sc8ccccc89)nc8ccccc87)c6c5c4)ccc32)cc1. The van der Waals surface area contributed by atoms with Gasteiger partial charge >= 0.3 is 0 Å². The van der Waals surface area contributed by atoms with E-state index in [1.807, 2.05) is 22.7 Å². The van der Waals surface area contributed by atoms with Gasteiger partial charge in [-0.1, -0.05) is 97.1 Å². The maximum atomic E-state index is 5.36. The number of fused-ring (bicyclic) bond motifs is 10. The first-order valence-electron chi connectivity index (χ1n) is 18.2. The first-order valence-corrected chi connectivity index (χ1v) is 19.8. The molecular weight excluding hydrogens is 695 g/mol. The topological polar surface area (TPSA) is 22.8 Å². The van der Waals surface area contributed by atoms with Crippen molar-refractivity contribution in [2.75, 3.05) is 0 Å². The van der Waals surface area contributed by atoms with E-state index in [1.165, 1.54) is 79.0 Å². The lowest BCUT2D eigenvalue weighted by Gasteiger charge is -2.13. The minimum atomic E-state index is 0.969. The fraction of sp³-hybridized carbons (Fsp3) is 0. The monoisotopic (exact) mass is 723 g/mol. The highest BCUT2D eigenvalue weighted by atomic mass is 32.1. The Labute approximate surface area is 318 Å². The van der Waals surface area contributed by atoms with Crippen molar-refractivity contribution in [1.29, 1.82) is 0 Å². The van der Waals surface area contributed by atoms with Gasteiger partial charge in [0.1, 0.15) is 5.82 Å². The summed E-state index contributed by atoms with van der Waals surface area (Å²) < 4.78 is 9.89. The molecule has 0 aliphatic rings. The van der Waals surface area contributed by atoms with E-state index in [0.717, 1.165) is 28.1 Å². The molecule has 0 spiro atoms. The van der Waals surface area contributed by atoms with E-state index >= 15 is 0 Å². The lowest BCUT2D eigenvalue weighted by molar-refractivity contribution is 1.12. The molecule has 252 valence electrons. The van der Waals surface area contributed by atoms with Crippen molar-refractivity contribution in [3.05, 3.63) is 176 Å². The number of thiophene rings is 2. The Kier molecular flexibility index (Phi) is 6.38. The zero-order valence-electron chi connectivity index (χ0n) is 28.9.